The van der Waals surface area contributed by atoms with Gasteiger partial charge in [-0.25, -0.2) is 4.98 Å². The molecule has 0 aliphatic carbocycles. The topological polar surface area (TPSA) is 46.3 Å². The van der Waals surface area contributed by atoms with Crippen molar-refractivity contribution in [1.82, 2.24) is 19.6 Å². The van der Waals surface area contributed by atoms with Gasteiger partial charge in [0.2, 0.25) is 5.65 Å². The molecule has 0 radical (unpaired) electrons. The molecular weight excluding hydrogens is 238 g/mol. The Labute approximate surface area is 112 Å². The van der Waals surface area contributed by atoms with Crippen molar-refractivity contribution >= 4 is 11.5 Å². The zero-order chi connectivity index (χ0) is 13.0. The molecule has 5 heteroatoms. The molecule has 0 N–H and O–H groups in total. The summed E-state index contributed by atoms with van der Waals surface area (Å²) < 4.78 is 2.02. The van der Waals surface area contributed by atoms with E-state index in [1.54, 1.807) is 0 Å². The van der Waals surface area contributed by atoms with E-state index in [-0.39, 0.29) is 0 Å². The SMILES string of the molecule is C=C1CC2CCC(C1)N2c1nccn2c(C)nnc12. The first-order valence-corrected chi connectivity index (χ1v) is 6.85. The first kappa shape index (κ1) is 11.0. The second kappa shape index (κ2) is 3.79. The van der Waals surface area contributed by atoms with E-state index >= 15 is 0 Å². The molecule has 0 saturated carbocycles. The predicted molar refractivity (Wildman–Crippen MR) is 73.2 cm³/mol. The van der Waals surface area contributed by atoms with Gasteiger partial charge < -0.3 is 4.90 Å². The molecule has 2 aromatic heterocycles. The Morgan fingerprint density at radius 1 is 1.21 bits per heavy atom. The van der Waals surface area contributed by atoms with Gasteiger partial charge in [-0.2, -0.15) is 0 Å². The highest BCUT2D eigenvalue weighted by atomic mass is 15.3. The number of piperidine rings is 1. The van der Waals surface area contributed by atoms with Crippen molar-refractivity contribution in [2.75, 3.05) is 4.90 Å². The molecule has 2 atom stereocenters. The summed E-state index contributed by atoms with van der Waals surface area (Å²) in [6, 6.07) is 1.09. The van der Waals surface area contributed by atoms with Gasteiger partial charge in [-0.3, -0.25) is 4.40 Å². The number of hydrogen-bond acceptors (Lipinski definition) is 4. The lowest BCUT2D eigenvalue weighted by Crippen LogP contribution is -2.41. The Balaban J connectivity index is 1.85. The minimum atomic E-state index is 0.543. The fourth-order valence-corrected chi connectivity index (χ4v) is 3.57. The quantitative estimate of drug-likeness (QED) is 0.732. The lowest BCUT2D eigenvalue weighted by atomic mass is 9.98. The van der Waals surface area contributed by atoms with Crippen LogP contribution in [0.15, 0.2) is 24.5 Å². The molecule has 19 heavy (non-hydrogen) atoms. The van der Waals surface area contributed by atoms with Gasteiger partial charge in [-0.05, 0) is 32.6 Å². The summed E-state index contributed by atoms with van der Waals surface area (Å²) in [5, 5.41) is 8.46. The molecule has 4 rings (SSSR count). The lowest BCUT2D eigenvalue weighted by Gasteiger charge is -2.36. The molecule has 5 nitrogen and oxygen atoms in total. The van der Waals surface area contributed by atoms with Crippen LogP contribution in [-0.2, 0) is 0 Å². The Kier molecular flexibility index (Phi) is 2.19. The maximum atomic E-state index is 4.58. The standard InChI is InChI=1S/C14H17N5/c1-9-7-11-3-4-12(8-9)19(11)13-14-17-16-10(2)18(14)6-5-15-13/h5-6,11-12H,1,3-4,7-8H2,2H3. The van der Waals surface area contributed by atoms with E-state index in [0.29, 0.717) is 12.1 Å². The molecule has 0 spiro atoms. The summed E-state index contributed by atoms with van der Waals surface area (Å²) in [6.45, 7) is 6.14. The van der Waals surface area contributed by atoms with Crippen LogP contribution < -0.4 is 4.90 Å². The van der Waals surface area contributed by atoms with Gasteiger partial charge in [-0.1, -0.05) is 12.2 Å². The molecule has 2 unspecified atom stereocenters. The Bertz CT molecular complexity index is 643. The van der Waals surface area contributed by atoms with Crippen LogP contribution in [-0.4, -0.2) is 31.7 Å². The predicted octanol–water partition coefficient (Wildman–Crippen LogP) is 2.12. The molecule has 2 bridgehead atoms. The second-order valence-corrected chi connectivity index (χ2v) is 5.64. The number of aryl methyl sites for hydroxylation is 1. The maximum Gasteiger partial charge on any atom is 0.203 e. The van der Waals surface area contributed by atoms with Gasteiger partial charge in [0.25, 0.3) is 0 Å². The summed E-state index contributed by atoms with van der Waals surface area (Å²) in [7, 11) is 0. The highest BCUT2D eigenvalue weighted by molar-refractivity contribution is 5.66. The molecule has 2 aromatic rings. The zero-order valence-electron chi connectivity index (χ0n) is 11.1. The van der Waals surface area contributed by atoms with Crippen molar-refractivity contribution in [1.29, 1.82) is 0 Å². The first-order chi connectivity index (χ1) is 9.24. The average Bonchev–Trinajstić information content (AvgIpc) is 2.89. The smallest absolute Gasteiger partial charge is 0.203 e. The lowest BCUT2D eigenvalue weighted by molar-refractivity contribution is 0.546. The molecule has 2 fully saturated rings. The summed E-state index contributed by atoms with van der Waals surface area (Å²) >= 11 is 0. The minimum absolute atomic E-state index is 0.543. The molecule has 4 heterocycles. The van der Waals surface area contributed by atoms with E-state index in [2.05, 4.69) is 26.7 Å². The Hall–Kier alpha value is -1.91. The zero-order valence-corrected chi connectivity index (χ0v) is 11.1. The Morgan fingerprint density at radius 3 is 2.68 bits per heavy atom. The van der Waals surface area contributed by atoms with E-state index in [1.165, 1.54) is 18.4 Å². The second-order valence-electron chi connectivity index (χ2n) is 5.64. The van der Waals surface area contributed by atoms with Gasteiger partial charge in [0.15, 0.2) is 5.82 Å². The fourth-order valence-electron chi connectivity index (χ4n) is 3.57. The van der Waals surface area contributed by atoms with Crippen LogP contribution in [0.2, 0.25) is 0 Å². The van der Waals surface area contributed by atoms with Crippen molar-refractivity contribution in [2.24, 2.45) is 0 Å². The summed E-state index contributed by atoms with van der Waals surface area (Å²) in [6.07, 6.45) is 8.43. The number of nitrogens with zero attached hydrogens (tertiary/aromatic N) is 5. The maximum absolute atomic E-state index is 4.58. The van der Waals surface area contributed by atoms with Crippen molar-refractivity contribution < 1.29 is 0 Å². The third-order valence-electron chi connectivity index (χ3n) is 4.39. The van der Waals surface area contributed by atoms with Gasteiger partial charge >= 0.3 is 0 Å². The number of anilines is 1. The van der Waals surface area contributed by atoms with Crippen LogP contribution in [0.4, 0.5) is 5.82 Å². The minimum Gasteiger partial charge on any atom is -0.347 e. The third-order valence-corrected chi connectivity index (χ3v) is 4.39. The van der Waals surface area contributed by atoms with Crippen LogP contribution in [0.3, 0.4) is 0 Å². The molecule has 0 aromatic carbocycles. The van der Waals surface area contributed by atoms with Gasteiger partial charge in [-0.15, -0.1) is 10.2 Å². The van der Waals surface area contributed by atoms with Crippen molar-refractivity contribution in [3.63, 3.8) is 0 Å². The van der Waals surface area contributed by atoms with E-state index < -0.39 is 0 Å². The Morgan fingerprint density at radius 2 is 1.95 bits per heavy atom. The third kappa shape index (κ3) is 1.50. The summed E-state index contributed by atoms with van der Waals surface area (Å²) in [5.41, 5.74) is 2.26. The average molecular weight is 255 g/mol. The number of aromatic nitrogens is 4. The number of hydrogen-bond donors (Lipinski definition) is 0. The van der Waals surface area contributed by atoms with Gasteiger partial charge in [0.1, 0.15) is 5.82 Å². The number of rotatable bonds is 1. The first-order valence-electron chi connectivity index (χ1n) is 6.85. The van der Waals surface area contributed by atoms with Crippen LogP contribution in [0.25, 0.3) is 5.65 Å². The van der Waals surface area contributed by atoms with Crippen LogP contribution in [0.5, 0.6) is 0 Å². The van der Waals surface area contributed by atoms with Crippen LogP contribution in [0.1, 0.15) is 31.5 Å². The largest absolute Gasteiger partial charge is 0.347 e. The molecule has 98 valence electrons. The van der Waals surface area contributed by atoms with Crippen LogP contribution in [0, 0.1) is 6.92 Å². The van der Waals surface area contributed by atoms with Crippen molar-refractivity contribution in [2.45, 2.75) is 44.7 Å². The highest BCUT2D eigenvalue weighted by Crippen LogP contribution is 2.41. The van der Waals surface area contributed by atoms with Gasteiger partial charge in [0, 0.05) is 24.5 Å². The van der Waals surface area contributed by atoms with Crippen LogP contribution >= 0.6 is 0 Å². The molecule has 2 aliphatic heterocycles. The number of fused-ring (bicyclic) bond motifs is 3. The molecule has 2 saturated heterocycles. The molecule has 2 aliphatic rings. The molecule has 0 amide bonds. The summed E-state index contributed by atoms with van der Waals surface area (Å²) in [5.74, 6) is 1.90. The normalized spacial score (nSPS) is 26.4. The molecular formula is C14H17N5. The van der Waals surface area contributed by atoms with E-state index in [1.807, 2.05) is 23.7 Å². The van der Waals surface area contributed by atoms with Gasteiger partial charge in [0.05, 0.1) is 0 Å². The van der Waals surface area contributed by atoms with E-state index in [9.17, 15) is 0 Å². The highest BCUT2D eigenvalue weighted by Gasteiger charge is 2.39. The summed E-state index contributed by atoms with van der Waals surface area (Å²) in [4.78, 5) is 7.04. The van der Waals surface area contributed by atoms with E-state index in [4.69, 9.17) is 0 Å². The van der Waals surface area contributed by atoms with Crippen molar-refractivity contribution in [3.05, 3.63) is 30.4 Å². The van der Waals surface area contributed by atoms with E-state index in [0.717, 1.165) is 30.1 Å². The monoisotopic (exact) mass is 255 g/mol. The fraction of sp³-hybridized carbons (Fsp3) is 0.500. The van der Waals surface area contributed by atoms with Crippen molar-refractivity contribution in [3.8, 4) is 0 Å².